The van der Waals surface area contributed by atoms with E-state index in [1.54, 1.807) is 16.6 Å². The van der Waals surface area contributed by atoms with Crippen LogP contribution in [0.1, 0.15) is 32.5 Å². The summed E-state index contributed by atoms with van der Waals surface area (Å²) in [7, 11) is 1.77. The van der Waals surface area contributed by atoms with E-state index in [1.165, 1.54) is 6.20 Å². The van der Waals surface area contributed by atoms with Gasteiger partial charge in [0, 0.05) is 13.6 Å². The zero-order valence-electron chi connectivity index (χ0n) is 13.4. The molecular formula is C14H23ClN4O3. The Morgan fingerprint density at radius 1 is 1.59 bits per heavy atom. The van der Waals surface area contributed by atoms with E-state index in [2.05, 4.69) is 5.10 Å². The maximum Gasteiger partial charge on any atom is 0.410 e. The van der Waals surface area contributed by atoms with Crippen LogP contribution in [0.2, 0.25) is 5.02 Å². The highest BCUT2D eigenvalue weighted by Crippen LogP contribution is 2.27. The molecule has 0 radical (unpaired) electrons. The Labute approximate surface area is 135 Å². The molecule has 0 aromatic carbocycles. The molecule has 1 aromatic rings. The molecule has 2 rings (SSSR count). The molecule has 22 heavy (non-hydrogen) atoms. The van der Waals surface area contributed by atoms with E-state index >= 15 is 0 Å². The summed E-state index contributed by atoms with van der Waals surface area (Å²) in [6, 6.07) is -0.857. The lowest BCUT2D eigenvalue weighted by atomic mass is 10.0. The number of amides is 1. The zero-order chi connectivity index (χ0) is 16.5. The molecule has 2 N–H and O–H groups in total. The van der Waals surface area contributed by atoms with Gasteiger partial charge in [0.05, 0.1) is 42.2 Å². The highest BCUT2D eigenvalue weighted by Gasteiger charge is 2.37. The normalized spacial score (nSPS) is 20.8. The van der Waals surface area contributed by atoms with E-state index in [9.17, 15) is 4.79 Å². The van der Waals surface area contributed by atoms with E-state index < -0.39 is 17.7 Å². The maximum atomic E-state index is 12.4. The highest BCUT2D eigenvalue weighted by atomic mass is 35.5. The summed E-state index contributed by atoms with van der Waals surface area (Å²) in [5.74, 6) is 0. The van der Waals surface area contributed by atoms with Crippen LogP contribution in [0.15, 0.2) is 6.20 Å². The monoisotopic (exact) mass is 330 g/mol. The van der Waals surface area contributed by atoms with E-state index in [0.29, 0.717) is 30.5 Å². The van der Waals surface area contributed by atoms with Crippen LogP contribution in [-0.4, -0.2) is 52.2 Å². The number of carbonyl (C=O) groups excluding carboxylic acids is 1. The molecule has 124 valence electrons. The minimum atomic E-state index is -0.561. The van der Waals surface area contributed by atoms with E-state index in [0.717, 1.165) is 0 Å². The summed E-state index contributed by atoms with van der Waals surface area (Å²) in [6.45, 7) is 6.72. The third kappa shape index (κ3) is 3.71. The SMILES string of the molecule is Cn1ncc(Cl)c1C(N)C1COCCN1C(=O)OC(C)(C)C. The number of morpholine rings is 1. The van der Waals surface area contributed by atoms with Crippen molar-refractivity contribution in [2.24, 2.45) is 12.8 Å². The van der Waals surface area contributed by atoms with Crippen molar-refractivity contribution in [3.05, 3.63) is 16.9 Å². The van der Waals surface area contributed by atoms with Crippen LogP contribution < -0.4 is 5.73 Å². The van der Waals surface area contributed by atoms with E-state index in [-0.39, 0.29) is 6.04 Å². The van der Waals surface area contributed by atoms with E-state index in [1.807, 2.05) is 20.8 Å². The third-order valence-corrected chi connectivity index (χ3v) is 3.75. The molecule has 1 saturated heterocycles. The molecule has 0 spiro atoms. The summed E-state index contributed by atoms with van der Waals surface area (Å²) in [6.07, 6.45) is 1.15. The molecule has 2 atom stereocenters. The van der Waals surface area contributed by atoms with Gasteiger partial charge < -0.3 is 15.2 Å². The van der Waals surface area contributed by atoms with Crippen LogP contribution >= 0.6 is 11.6 Å². The number of hydrogen-bond acceptors (Lipinski definition) is 5. The Bertz CT molecular complexity index is 521. The van der Waals surface area contributed by atoms with E-state index in [4.69, 9.17) is 26.8 Å². The van der Waals surface area contributed by atoms with Gasteiger partial charge in [0.2, 0.25) is 0 Å². The lowest BCUT2D eigenvalue weighted by Gasteiger charge is -2.39. The summed E-state index contributed by atoms with van der Waals surface area (Å²) >= 11 is 6.15. The molecule has 1 amide bonds. The Morgan fingerprint density at radius 3 is 2.82 bits per heavy atom. The summed E-state index contributed by atoms with van der Waals surface area (Å²) in [5, 5.41) is 4.57. The first-order valence-electron chi connectivity index (χ1n) is 7.21. The van der Waals surface area contributed by atoms with Crippen LogP contribution in [0.3, 0.4) is 0 Å². The van der Waals surface area contributed by atoms with Gasteiger partial charge in [-0.25, -0.2) is 4.79 Å². The Kier molecular flexibility index (Phi) is 4.99. The Morgan fingerprint density at radius 2 is 2.27 bits per heavy atom. The number of ether oxygens (including phenoxy) is 2. The number of carbonyl (C=O) groups is 1. The van der Waals surface area contributed by atoms with Gasteiger partial charge in [-0.2, -0.15) is 5.10 Å². The number of halogens is 1. The van der Waals surface area contributed by atoms with Gasteiger partial charge in [-0.3, -0.25) is 9.58 Å². The first kappa shape index (κ1) is 17.1. The topological polar surface area (TPSA) is 82.6 Å². The number of hydrogen-bond donors (Lipinski definition) is 1. The standard InChI is InChI=1S/C14H23ClN4O3/c1-14(2,3)22-13(20)19-5-6-21-8-10(19)11(16)12-9(15)7-17-18(12)4/h7,10-11H,5-6,8,16H2,1-4H3. The Hall–Kier alpha value is -1.31. The summed E-state index contributed by atoms with van der Waals surface area (Å²) in [5.41, 5.74) is 6.44. The second-order valence-corrected chi connectivity index (χ2v) is 6.75. The van der Waals surface area contributed by atoms with Gasteiger partial charge >= 0.3 is 6.09 Å². The molecule has 0 bridgehead atoms. The molecule has 1 aromatic heterocycles. The molecule has 2 heterocycles. The fourth-order valence-electron chi connectivity index (χ4n) is 2.44. The highest BCUT2D eigenvalue weighted by molar-refractivity contribution is 6.31. The smallest absolute Gasteiger partial charge is 0.410 e. The van der Waals surface area contributed by atoms with Gasteiger partial charge in [0.1, 0.15) is 5.60 Å². The van der Waals surface area contributed by atoms with Gasteiger partial charge in [-0.05, 0) is 20.8 Å². The zero-order valence-corrected chi connectivity index (χ0v) is 14.1. The largest absolute Gasteiger partial charge is 0.444 e. The van der Waals surface area contributed by atoms with Crippen molar-refractivity contribution < 1.29 is 14.3 Å². The lowest BCUT2D eigenvalue weighted by molar-refractivity contribution is -0.0387. The van der Waals surface area contributed by atoms with Crippen LogP contribution in [0.25, 0.3) is 0 Å². The van der Waals surface area contributed by atoms with Crippen molar-refractivity contribution in [2.75, 3.05) is 19.8 Å². The maximum absolute atomic E-state index is 12.4. The number of nitrogens with two attached hydrogens (primary N) is 1. The quantitative estimate of drug-likeness (QED) is 0.892. The Balaban J connectivity index is 2.21. The van der Waals surface area contributed by atoms with Crippen molar-refractivity contribution >= 4 is 17.7 Å². The minimum absolute atomic E-state index is 0.335. The van der Waals surface area contributed by atoms with Crippen molar-refractivity contribution in [3.8, 4) is 0 Å². The summed E-state index contributed by atoms with van der Waals surface area (Å²) < 4.78 is 12.6. The molecule has 1 aliphatic heterocycles. The molecule has 7 nitrogen and oxygen atoms in total. The second-order valence-electron chi connectivity index (χ2n) is 6.34. The number of nitrogens with zero attached hydrogens (tertiary/aromatic N) is 3. The molecule has 2 unspecified atom stereocenters. The molecular weight excluding hydrogens is 308 g/mol. The van der Waals surface area contributed by atoms with Crippen LogP contribution in [0, 0.1) is 0 Å². The van der Waals surface area contributed by atoms with Crippen molar-refractivity contribution in [3.63, 3.8) is 0 Å². The van der Waals surface area contributed by atoms with Crippen molar-refractivity contribution in [2.45, 2.75) is 38.5 Å². The number of aromatic nitrogens is 2. The van der Waals surface area contributed by atoms with Gasteiger partial charge in [0.15, 0.2) is 0 Å². The van der Waals surface area contributed by atoms with Crippen molar-refractivity contribution in [1.29, 1.82) is 0 Å². The average Bonchev–Trinajstić information content (AvgIpc) is 2.75. The van der Waals surface area contributed by atoms with Crippen molar-refractivity contribution in [1.82, 2.24) is 14.7 Å². The second kappa shape index (κ2) is 6.44. The first-order chi connectivity index (χ1) is 10.2. The van der Waals surface area contributed by atoms with Crippen LogP contribution in [0.5, 0.6) is 0 Å². The predicted molar refractivity (Wildman–Crippen MR) is 82.7 cm³/mol. The molecule has 1 aliphatic rings. The lowest BCUT2D eigenvalue weighted by Crippen LogP contribution is -2.54. The fraction of sp³-hybridized carbons (Fsp3) is 0.714. The third-order valence-electron chi connectivity index (χ3n) is 3.46. The minimum Gasteiger partial charge on any atom is -0.444 e. The average molecular weight is 331 g/mol. The number of aryl methyl sites for hydroxylation is 1. The number of rotatable bonds is 2. The molecule has 0 aliphatic carbocycles. The van der Waals surface area contributed by atoms with Gasteiger partial charge in [-0.1, -0.05) is 11.6 Å². The van der Waals surface area contributed by atoms with Crippen LogP contribution in [0.4, 0.5) is 4.79 Å². The van der Waals surface area contributed by atoms with Gasteiger partial charge in [0.25, 0.3) is 0 Å². The summed E-state index contributed by atoms with van der Waals surface area (Å²) in [4.78, 5) is 14.0. The molecule has 0 saturated carbocycles. The fourth-order valence-corrected chi connectivity index (χ4v) is 2.74. The van der Waals surface area contributed by atoms with Crippen LogP contribution in [-0.2, 0) is 16.5 Å². The molecule has 1 fully saturated rings. The molecule has 8 heteroatoms. The predicted octanol–water partition coefficient (Wildman–Crippen LogP) is 1.71. The van der Waals surface area contributed by atoms with Gasteiger partial charge in [-0.15, -0.1) is 0 Å². The first-order valence-corrected chi connectivity index (χ1v) is 7.59.